The van der Waals surface area contributed by atoms with E-state index in [1.165, 1.54) is 30.6 Å². The summed E-state index contributed by atoms with van der Waals surface area (Å²) in [5, 5.41) is 5.30. The van der Waals surface area contributed by atoms with E-state index in [0.717, 1.165) is 42.7 Å². The summed E-state index contributed by atoms with van der Waals surface area (Å²) in [6.45, 7) is 3.58. The first-order chi connectivity index (χ1) is 16.5. The summed E-state index contributed by atoms with van der Waals surface area (Å²) in [6.07, 6.45) is 6.46. The van der Waals surface area contributed by atoms with Crippen LogP contribution < -0.4 is 20.5 Å². The van der Waals surface area contributed by atoms with Gasteiger partial charge in [-0.2, -0.15) is 0 Å². The fourth-order valence-corrected chi connectivity index (χ4v) is 6.18. The normalized spacial score (nSPS) is 23.1. The second kappa shape index (κ2) is 9.78. The number of anilines is 1. The average Bonchev–Trinajstić information content (AvgIpc) is 3.30. The minimum absolute atomic E-state index is 0.0933. The summed E-state index contributed by atoms with van der Waals surface area (Å²) in [4.78, 5) is 35.9. The summed E-state index contributed by atoms with van der Waals surface area (Å²) in [5.74, 6) is 1.89. The Hall–Kier alpha value is -2.87. The fraction of sp³-hybridized carbons (Fsp3) is 0.500. The van der Waals surface area contributed by atoms with Crippen LogP contribution >= 0.6 is 11.3 Å². The number of aromatic amines is 1. The van der Waals surface area contributed by atoms with Gasteiger partial charge in [0, 0.05) is 30.1 Å². The van der Waals surface area contributed by atoms with Crippen LogP contribution in [0.3, 0.4) is 0 Å². The number of aromatic nitrogens is 2. The van der Waals surface area contributed by atoms with Crippen LogP contribution in [0.1, 0.15) is 45.4 Å². The Bertz CT molecular complexity index is 1240. The molecular weight excluding hydrogens is 448 g/mol. The number of carbonyl (C=O) groups excluding carboxylic acids is 1. The van der Waals surface area contributed by atoms with E-state index in [9.17, 15) is 9.59 Å². The van der Waals surface area contributed by atoms with Crippen molar-refractivity contribution >= 4 is 33.4 Å². The molecule has 0 bridgehead atoms. The quantitative estimate of drug-likeness (QED) is 0.559. The number of benzene rings is 1. The molecule has 7 nitrogen and oxygen atoms in total. The number of carbonyl (C=O) groups is 1. The van der Waals surface area contributed by atoms with Crippen molar-refractivity contribution in [3.05, 3.63) is 40.0 Å². The molecule has 1 aliphatic heterocycles. The van der Waals surface area contributed by atoms with E-state index in [0.29, 0.717) is 28.6 Å². The fourth-order valence-electron chi connectivity index (χ4n) is 5.28. The van der Waals surface area contributed by atoms with Crippen LogP contribution in [0.15, 0.2) is 34.4 Å². The minimum atomic E-state index is -0.137. The number of rotatable bonds is 5. The molecule has 3 aromatic rings. The number of hydrogen-bond donors (Lipinski definition) is 2. The number of hydrogen-bond acceptors (Lipinski definition) is 6. The van der Waals surface area contributed by atoms with Gasteiger partial charge in [-0.3, -0.25) is 14.6 Å². The molecular formula is C26H32N4O3S. The molecule has 2 aliphatic rings. The number of nitrogens with one attached hydrogen (secondary N) is 2. The van der Waals surface area contributed by atoms with Crippen LogP contribution in [0.2, 0.25) is 0 Å². The Morgan fingerprint density at radius 2 is 2.09 bits per heavy atom. The molecule has 0 radical (unpaired) electrons. The van der Waals surface area contributed by atoms with Gasteiger partial charge in [-0.05, 0) is 49.3 Å². The van der Waals surface area contributed by atoms with Crippen LogP contribution in [0.4, 0.5) is 5.95 Å². The average molecular weight is 481 g/mol. The number of piperidine rings is 1. The van der Waals surface area contributed by atoms with Crippen LogP contribution in [0.5, 0.6) is 5.75 Å². The molecule has 180 valence electrons. The van der Waals surface area contributed by atoms with Crippen molar-refractivity contribution in [3.8, 4) is 16.9 Å². The predicted molar refractivity (Wildman–Crippen MR) is 137 cm³/mol. The van der Waals surface area contributed by atoms with Gasteiger partial charge in [0.1, 0.15) is 10.4 Å². The standard InChI is InChI=1S/C26H32N4O3S/c1-16-7-3-4-11-21(16)27-24(31)18-9-6-12-30(14-18)26-28-22-20(15-34-23(22)25(32)29-26)17-8-5-10-19(13-17)33-2/h5,8,10,13,15-16,18,21H,3-4,6-7,9,11-12,14H2,1-2H3,(H,27,31)(H,28,29,32)/t16-,18+,21-/m1/s1. The largest absolute Gasteiger partial charge is 0.497 e. The Morgan fingerprint density at radius 3 is 2.91 bits per heavy atom. The maximum absolute atomic E-state index is 13.1. The SMILES string of the molecule is COc1cccc(-c2csc3c(=O)[nH]c(N4CCC[C@H](C(=O)N[C@@H]5CCCC[C@H]5C)C4)nc23)c1. The van der Waals surface area contributed by atoms with Crippen molar-refractivity contribution in [2.45, 2.75) is 51.5 Å². The summed E-state index contributed by atoms with van der Waals surface area (Å²) >= 11 is 1.40. The van der Waals surface area contributed by atoms with E-state index in [-0.39, 0.29) is 23.4 Å². The van der Waals surface area contributed by atoms with E-state index in [2.05, 4.69) is 22.1 Å². The van der Waals surface area contributed by atoms with Crippen molar-refractivity contribution in [2.75, 3.05) is 25.1 Å². The highest BCUT2D eigenvalue weighted by Crippen LogP contribution is 2.34. The van der Waals surface area contributed by atoms with Gasteiger partial charge in [-0.25, -0.2) is 4.98 Å². The van der Waals surface area contributed by atoms with E-state index in [1.807, 2.05) is 29.6 Å². The molecule has 2 N–H and O–H groups in total. The van der Waals surface area contributed by atoms with Crippen molar-refractivity contribution in [1.29, 1.82) is 0 Å². The molecule has 1 saturated carbocycles. The van der Waals surface area contributed by atoms with Gasteiger partial charge in [-0.1, -0.05) is 31.9 Å². The maximum Gasteiger partial charge on any atom is 0.270 e. The summed E-state index contributed by atoms with van der Waals surface area (Å²) in [5.41, 5.74) is 2.44. The highest BCUT2D eigenvalue weighted by Gasteiger charge is 2.30. The van der Waals surface area contributed by atoms with Gasteiger partial charge in [0.2, 0.25) is 11.9 Å². The molecule has 0 unspecified atom stereocenters. The lowest BCUT2D eigenvalue weighted by atomic mass is 9.85. The number of nitrogens with zero attached hydrogens (tertiary/aromatic N) is 2. The Kier molecular flexibility index (Phi) is 6.59. The third-order valence-electron chi connectivity index (χ3n) is 7.33. The zero-order chi connectivity index (χ0) is 23.7. The number of H-pyrrole nitrogens is 1. The predicted octanol–water partition coefficient (Wildman–Crippen LogP) is 4.57. The topological polar surface area (TPSA) is 87.3 Å². The molecule has 8 heteroatoms. The molecule has 1 saturated heterocycles. The first-order valence-electron chi connectivity index (χ1n) is 12.2. The third kappa shape index (κ3) is 4.56. The van der Waals surface area contributed by atoms with Crippen LogP contribution in [-0.4, -0.2) is 42.1 Å². The third-order valence-corrected chi connectivity index (χ3v) is 8.29. The molecule has 2 aromatic heterocycles. The minimum Gasteiger partial charge on any atom is -0.497 e. The van der Waals surface area contributed by atoms with Crippen molar-refractivity contribution < 1.29 is 9.53 Å². The second-order valence-corrected chi connectivity index (χ2v) is 10.5. The lowest BCUT2D eigenvalue weighted by Gasteiger charge is -2.35. The Labute approximate surface area is 203 Å². The molecule has 3 heterocycles. The van der Waals surface area contributed by atoms with Gasteiger partial charge in [0.15, 0.2) is 0 Å². The van der Waals surface area contributed by atoms with E-state index in [1.54, 1.807) is 7.11 Å². The molecule has 2 fully saturated rings. The lowest BCUT2D eigenvalue weighted by Crippen LogP contribution is -2.48. The molecule has 0 spiro atoms. The molecule has 5 rings (SSSR count). The van der Waals surface area contributed by atoms with Crippen molar-refractivity contribution in [1.82, 2.24) is 15.3 Å². The van der Waals surface area contributed by atoms with Gasteiger partial charge in [0.05, 0.1) is 18.5 Å². The summed E-state index contributed by atoms with van der Waals surface area (Å²) in [7, 11) is 1.64. The lowest BCUT2D eigenvalue weighted by molar-refractivity contribution is -0.126. The first kappa shape index (κ1) is 22.9. The molecule has 1 aromatic carbocycles. The Balaban J connectivity index is 1.39. The highest BCUT2D eigenvalue weighted by molar-refractivity contribution is 7.17. The summed E-state index contributed by atoms with van der Waals surface area (Å²) in [6, 6.07) is 8.07. The zero-order valence-corrected chi connectivity index (χ0v) is 20.6. The van der Waals surface area contributed by atoms with Gasteiger partial charge < -0.3 is 15.0 Å². The Morgan fingerprint density at radius 1 is 1.24 bits per heavy atom. The van der Waals surface area contributed by atoms with Crippen LogP contribution in [-0.2, 0) is 4.79 Å². The molecule has 3 atom stereocenters. The molecule has 1 amide bonds. The number of ether oxygens (including phenoxy) is 1. The molecule has 34 heavy (non-hydrogen) atoms. The van der Waals surface area contributed by atoms with E-state index in [4.69, 9.17) is 9.72 Å². The van der Waals surface area contributed by atoms with Crippen LogP contribution in [0.25, 0.3) is 21.3 Å². The zero-order valence-electron chi connectivity index (χ0n) is 19.8. The number of amides is 1. The monoisotopic (exact) mass is 480 g/mol. The molecule has 1 aliphatic carbocycles. The second-order valence-electron chi connectivity index (χ2n) is 9.61. The van der Waals surface area contributed by atoms with Crippen molar-refractivity contribution in [3.63, 3.8) is 0 Å². The van der Waals surface area contributed by atoms with E-state index < -0.39 is 0 Å². The highest BCUT2D eigenvalue weighted by atomic mass is 32.1. The van der Waals surface area contributed by atoms with E-state index >= 15 is 0 Å². The van der Waals surface area contributed by atoms with Gasteiger partial charge >= 0.3 is 0 Å². The van der Waals surface area contributed by atoms with Gasteiger partial charge in [0.25, 0.3) is 5.56 Å². The maximum atomic E-state index is 13.1. The van der Waals surface area contributed by atoms with Crippen molar-refractivity contribution in [2.24, 2.45) is 11.8 Å². The number of thiophene rings is 1. The number of methoxy groups -OCH3 is 1. The smallest absolute Gasteiger partial charge is 0.270 e. The van der Waals surface area contributed by atoms with Gasteiger partial charge in [-0.15, -0.1) is 11.3 Å². The first-order valence-corrected chi connectivity index (χ1v) is 13.1. The number of fused-ring (bicyclic) bond motifs is 1. The van der Waals surface area contributed by atoms with Crippen LogP contribution in [0, 0.1) is 11.8 Å². The summed E-state index contributed by atoms with van der Waals surface area (Å²) < 4.78 is 5.98.